The lowest BCUT2D eigenvalue weighted by Crippen LogP contribution is -2.32. The maximum atomic E-state index is 13.4. The zero-order valence-electron chi connectivity index (χ0n) is 20.4. The number of rotatable bonds is 8. The fraction of sp³-hybridized carbons (Fsp3) is 0.269. The summed E-state index contributed by atoms with van der Waals surface area (Å²) in [5, 5.41) is 10.2. The zero-order valence-corrected chi connectivity index (χ0v) is 20.4. The van der Waals surface area contributed by atoms with Crippen molar-refractivity contribution in [1.82, 2.24) is 24.1 Å². The van der Waals surface area contributed by atoms with Crippen molar-refractivity contribution < 1.29 is 9.59 Å². The van der Waals surface area contributed by atoms with Gasteiger partial charge in [-0.1, -0.05) is 25.1 Å². The lowest BCUT2D eigenvalue weighted by Gasteiger charge is -2.12. The number of hydrogen-bond donors (Lipinski definition) is 2. The van der Waals surface area contributed by atoms with Gasteiger partial charge in [0.1, 0.15) is 6.54 Å². The molecule has 0 spiro atoms. The number of aromatic nitrogens is 4. The van der Waals surface area contributed by atoms with Gasteiger partial charge in [0.15, 0.2) is 0 Å². The largest absolute Gasteiger partial charge is 0.352 e. The molecule has 4 aromatic rings. The second-order valence-corrected chi connectivity index (χ2v) is 8.71. The Labute approximate surface area is 206 Å². The highest BCUT2D eigenvalue weighted by Crippen LogP contribution is 2.15. The first-order chi connectivity index (χ1) is 17.2. The van der Waals surface area contributed by atoms with E-state index in [9.17, 15) is 19.2 Å². The van der Waals surface area contributed by atoms with E-state index in [4.69, 9.17) is 0 Å². The first-order valence-electron chi connectivity index (χ1n) is 11.7. The minimum atomic E-state index is -0.605. The number of nitrogens with one attached hydrogen (secondary N) is 2. The molecule has 10 heteroatoms. The highest BCUT2D eigenvalue weighted by Gasteiger charge is 2.20. The van der Waals surface area contributed by atoms with E-state index in [0.29, 0.717) is 11.3 Å². The van der Waals surface area contributed by atoms with Crippen LogP contribution in [0.1, 0.15) is 36.2 Å². The normalized spacial score (nSPS) is 12.0. The molecule has 10 nitrogen and oxygen atoms in total. The summed E-state index contributed by atoms with van der Waals surface area (Å²) < 4.78 is 3.57. The van der Waals surface area contributed by atoms with Gasteiger partial charge >= 0.3 is 5.69 Å². The van der Waals surface area contributed by atoms with Crippen LogP contribution < -0.4 is 21.9 Å². The Morgan fingerprint density at radius 2 is 1.94 bits per heavy atom. The Balaban J connectivity index is 1.83. The molecule has 0 aliphatic heterocycles. The lowest BCUT2D eigenvalue weighted by atomic mass is 10.1. The van der Waals surface area contributed by atoms with Crippen LogP contribution in [0.25, 0.3) is 16.7 Å². The van der Waals surface area contributed by atoms with Crippen LogP contribution >= 0.6 is 0 Å². The molecule has 2 aromatic carbocycles. The van der Waals surface area contributed by atoms with E-state index in [1.54, 1.807) is 12.1 Å². The Morgan fingerprint density at radius 1 is 1.17 bits per heavy atom. The van der Waals surface area contributed by atoms with Crippen LogP contribution in [-0.2, 0) is 17.9 Å². The van der Waals surface area contributed by atoms with Crippen molar-refractivity contribution >= 4 is 34.2 Å². The molecule has 0 fully saturated rings. The van der Waals surface area contributed by atoms with E-state index in [1.165, 1.54) is 27.2 Å². The number of benzene rings is 2. The van der Waals surface area contributed by atoms with Gasteiger partial charge in [0.05, 0.1) is 10.9 Å². The maximum Gasteiger partial charge on any atom is 0.352 e. The predicted molar refractivity (Wildman–Crippen MR) is 138 cm³/mol. The molecule has 2 amide bonds. The molecule has 1 unspecified atom stereocenters. The highest BCUT2D eigenvalue weighted by atomic mass is 16.2. The van der Waals surface area contributed by atoms with Gasteiger partial charge < -0.3 is 10.6 Å². The number of allylic oxidation sites excluding steroid dienone is 1. The zero-order chi connectivity index (χ0) is 26.0. The van der Waals surface area contributed by atoms with Gasteiger partial charge in [0.2, 0.25) is 11.7 Å². The molecule has 0 aliphatic rings. The molecule has 0 radical (unpaired) electrons. The standard InChI is InChI=1S/C26H28N6O4/c1-5-12-30-24(35)20-11-10-18(23(34)27-17(4)6-2)14-21(20)32-25(30)29-31(26(32)36)15-22(33)28-19-9-7-8-16(3)13-19/h5,7-11,13-14,17H,1,6,12,15H2,2-4H3,(H,27,34)(H,28,33). The molecule has 1 atom stereocenters. The molecular weight excluding hydrogens is 460 g/mol. The summed E-state index contributed by atoms with van der Waals surface area (Å²) in [4.78, 5) is 52.0. The number of carbonyl (C=O) groups is 2. The quantitative estimate of drug-likeness (QED) is 0.369. The van der Waals surface area contributed by atoms with Gasteiger partial charge in [0.25, 0.3) is 11.5 Å². The lowest BCUT2D eigenvalue weighted by molar-refractivity contribution is -0.117. The Bertz CT molecular complexity index is 1610. The van der Waals surface area contributed by atoms with Gasteiger partial charge in [-0.25, -0.2) is 13.9 Å². The fourth-order valence-corrected chi connectivity index (χ4v) is 3.92. The van der Waals surface area contributed by atoms with Gasteiger partial charge in [-0.2, -0.15) is 0 Å². The molecule has 36 heavy (non-hydrogen) atoms. The number of anilines is 1. The van der Waals surface area contributed by atoms with Crippen LogP contribution in [0.5, 0.6) is 0 Å². The van der Waals surface area contributed by atoms with E-state index >= 15 is 0 Å². The Kier molecular flexibility index (Phi) is 6.86. The number of carbonyl (C=O) groups excluding carboxylic acids is 2. The summed E-state index contributed by atoms with van der Waals surface area (Å²) in [5.74, 6) is -0.700. The van der Waals surface area contributed by atoms with Gasteiger partial charge in [-0.15, -0.1) is 11.7 Å². The van der Waals surface area contributed by atoms with E-state index in [-0.39, 0.29) is 47.3 Å². The van der Waals surface area contributed by atoms with E-state index in [2.05, 4.69) is 22.3 Å². The van der Waals surface area contributed by atoms with Gasteiger partial charge in [-0.3, -0.25) is 19.0 Å². The number of aryl methyl sites for hydroxylation is 1. The third kappa shape index (κ3) is 4.70. The first-order valence-corrected chi connectivity index (χ1v) is 11.7. The van der Waals surface area contributed by atoms with Crippen molar-refractivity contribution in [3.05, 3.63) is 87.1 Å². The molecular formula is C26H28N6O4. The van der Waals surface area contributed by atoms with Crippen molar-refractivity contribution in [3.8, 4) is 0 Å². The Hall–Kier alpha value is -4.47. The SMILES string of the molecule is C=CCn1c(=O)c2ccc(C(=O)NC(C)CC)cc2n2c(=O)n(CC(=O)Nc3cccc(C)c3)nc12. The minimum absolute atomic E-state index is 0.0359. The van der Waals surface area contributed by atoms with Crippen molar-refractivity contribution in [2.24, 2.45) is 0 Å². The molecule has 4 rings (SSSR count). The number of hydrogen-bond acceptors (Lipinski definition) is 5. The molecule has 0 bridgehead atoms. The molecule has 2 heterocycles. The van der Waals surface area contributed by atoms with Gasteiger partial charge in [-0.05, 0) is 56.2 Å². The fourth-order valence-electron chi connectivity index (χ4n) is 3.92. The van der Waals surface area contributed by atoms with Crippen LogP contribution in [0.4, 0.5) is 5.69 Å². The topological polar surface area (TPSA) is 120 Å². The third-order valence-electron chi connectivity index (χ3n) is 5.94. The Morgan fingerprint density at radius 3 is 2.64 bits per heavy atom. The van der Waals surface area contributed by atoms with Crippen LogP contribution in [-0.4, -0.2) is 36.6 Å². The summed E-state index contributed by atoms with van der Waals surface area (Å²) in [6.45, 7) is 9.20. The second kappa shape index (κ2) is 10.0. The van der Waals surface area contributed by atoms with Crippen molar-refractivity contribution in [3.63, 3.8) is 0 Å². The molecule has 2 aromatic heterocycles. The average Bonchev–Trinajstić information content (AvgIpc) is 3.16. The van der Waals surface area contributed by atoms with Crippen LogP contribution in [0, 0.1) is 6.92 Å². The number of nitrogens with zero attached hydrogens (tertiary/aromatic N) is 4. The van der Waals surface area contributed by atoms with Crippen molar-refractivity contribution in [2.45, 2.75) is 46.3 Å². The smallest absolute Gasteiger partial charge is 0.350 e. The molecule has 2 N–H and O–H groups in total. The summed E-state index contributed by atoms with van der Waals surface area (Å²) in [6.07, 6.45) is 2.28. The van der Waals surface area contributed by atoms with E-state index in [1.807, 2.05) is 39.0 Å². The van der Waals surface area contributed by atoms with E-state index in [0.717, 1.165) is 16.7 Å². The maximum absolute atomic E-state index is 13.4. The van der Waals surface area contributed by atoms with Crippen molar-refractivity contribution in [1.29, 1.82) is 0 Å². The summed E-state index contributed by atoms with van der Waals surface area (Å²) in [7, 11) is 0. The minimum Gasteiger partial charge on any atom is -0.350 e. The van der Waals surface area contributed by atoms with Crippen LogP contribution in [0.2, 0.25) is 0 Å². The monoisotopic (exact) mass is 488 g/mol. The second-order valence-electron chi connectivity index (χ2n) is 8.71. The van der Waals surface area contributed by atoms with E-state index < -0.39 is 11.6 Å². The molecule has 0 saturated carbocycles. The summed E-state index contributed by atoms with van der Waals surface area (Å²) in [6, 6.07) is 11.8. The number of fused-ring (bicyclic) bond motifs is 3. The average molecular weight is 489 g/mol. The first kappa shape index (κ1) is 24.6. The third-order valence-corrected chi connectivity index (χ3v) is 5.94. The van der Waals surface area contributed by atoms with Crippen LogP contribution in [0.3, 0.4) is 0 Å². The predicted octanol–water partition coefficient (Wildman–Crippen LogP) is 2.47. The van der Waals surface area contributed by atoms with Gasteiger partial charge in [0, 0.05) is 23.8 Å². The summed E-state index contributed by atoms with van der Waals surface area (Å²) >= 11 is 0. The summed E-state index contributed by atoms with van der Waals surface area (Å²) in [5.41, 5.74) is 1.14. The molecule has 186 valence electrons. The molecule has 0 aliphatic carbocycles. The molecule has 0 saturated heterocycles. The highest BCUT2D eigenvalue weighted by molar-refractivity contribution is 5.98. The van der Waals surface area contributed by atoms with Crippen molar-refractivity contribution in [2.75, 3.05) is 5.32 Å². The van der Waals surface area contributed by atoms with Crippen LogP contribution in [0.15, 0.2) is 64.7 Å². The number of amides is 2.